The van der Waals surface area contributed by atoms with Crippen LogP contribution in [-0.4, -0.2) is 18.3 Å². The summed E-state index contributed by atoms with van der Waals surface area (Å²) in [5, 5.41) is 2.77. The molecule has 10 heavy (non-hydrogen) atoms. The molecule has 2 heterocycles. The van der Waals surface area contributed by atoms with E-state index >= 15 is 0 Å². The van der Waals surface area contributed by atoms with Crippen molar-refractivity contribution in [2.45, 2.75) is 6.04 Å². The van der Waals surface area contributed by atoms with Crippen LogP contribution in [0.3, 0.4) is 0 Å². The molecule has 0 radical (unpaired) electrons. The molecule has 2 rings (SSSR count). The Hall–Kier alpha value is -1.52. The lowest BCUT2D eigenvalue weighted by Gasteiger charge is -2.06. The molecule has 5 nitrogen and oxygen atoms in total. The number of carbonyl (C=O) groups is 1. The van der Waals surface area contributed by atoms with Crippen LogP contribution < -0.4 is 16.2 Å². The lowest BCUT2D eigenvalue weighted by atomic mass is 10.2. The van der Waals surface area contributed by atoms with E-state index in [-0.39, 0.29) is 11.9 Å². The molecule has 1 atom stereocenters. The molecule has 1 fully saturated rings. The average molecular weight is 138 g/mol. The first-order valence-corrected chi connectivity index (χ1v) is 2.91. The normalized spacial score (nSPS) is 27.8. The summed E-state index contributed by atoms with van der Waals surface area (Å²) in [5.41, 5.74) is 5.92. The fourth-order valence-corrected chi connectivity index (χ4v) is 0.919. The van der Waals surface area contributed by atoms with Crippen LogP contribution in [0, 0.1) is 0 Å². The fourth-order valence-electron chi connectivity index (χ4n) is 0.919. The van der Waals surface area contributed by atoms with Crippen molar-refractivity contribution in [2.24, 2.45) is 4.99 Å². The summed E-state index contributed by atoms with van der Waals surface area (Å²) in [7, 11) is 0. The van der Waals surface area contributed by atoms with Crippen LogP contribution in [0.5, 0.6) is 0 Å². The zero-order valence-electron chi connectivity index (χ0n) is 5.09. The lowest BCUT2D eigenvalue weighted by Crippen LogP contribution is -2.26. The Kier molecular flexibility index (Phi) is 0.913. The molecule has 52 valence electrons. The second-order valence-corrected chi connectivity index (χ2v) is 2.06. The maximum atomic E-state index is 10.9. The van der Waals surface area contributed by atoms with E-state index in [1.807, 2.05) is 0 Å². The number of fused-ring (bicyclic) bond motifs is 1. The number of nitrogens with zero attached hydrogens (tertiary/aromatic N) is 1. The third kappa shape index (κ3) is 0.570. The Bertz CT molecular complexity index is 232. The molecule has 0 aromatic heterocycles. The minimum absolute atomic E-state index is 0.107. The fraction of sp³-hybridized carbons (Fsp3) is 0.200. The van der Waals surface area contributed by atoms with Crippen LogP contribution in [-0.2, 0) is 4.79 Å². The van der Waals surface area contributed by atoms with E-state index in [4.69, 9.17) is 0 Å². The van der Waals surface area contributed by atoms with Gasteiger partial charge in [-0.15, -0.1) is 0 Å². The minimum atomic E-state index is -0.360. The highest BCUT2D eigenvalue weighted by Gasteiger charge is 2.29. The van der Waals surface area contributed by atoms with Gasteiger partial charge in [0.2, 0.25) is 0 Å². The van der Waals surface area contributed by atoms with Gasteiger partial charge in [-0.3, -0.25) is 20.6 Å². The van der Waals surface area contributed by atoms with Gasteiger partial charge in [-0.1, -0.05) is 0 Å². The SMILES string of the molecule is O=C1NNC2=CNC=NC12. The van der Waals surface area contributed by atoms with E-state index in [1.165, 1.54) is 6.34 Å². The van der Waals surface area contributed by atoms with E-state index in [0.29, 0.717) is 0 Å². The number of rotatable bonds is 0. The average Bonchev–Trinajstić information content (AvgIpc) is 2.34. The van der Waals surface area contributed by atoms with Crippen molar-refractivity contribution in [2.75, 3.05) is 0 Å². The molecule has 0 saturated carbocycles. The first-order chi connectivity index (χ1) is 4.88. The first-order valence-electron chi connectivity index (χ1n) is 2.91. The molecule has 3 N–H and O–H groups in total. The molecule has 0 aromatic rings. The molecular weight excluding hydrogens is 132 g/mol. The highest BCUT2D eigenvalue weighted by atomic mass is 16.2. The van der Waals surface area contributed by atoms with Crippen molar-refractivity contribution in [3.8, 4) is 0 Å². The number of hydrogen-bond donors (Lipinski definition) is 3. The molecule has 2 aliphatic rings. The molecule has 0 aromatic carbocycles. The molecule has 1 amide bonds. The molecule has 1 unspecified atom stereocenters. The monoisotopic (exact) mass is 138 g/mol. The van der Waals surface area contributed by atoms with Crippen molar-refractivity contribution in [1.29, 1.82) is 0 Å². The zero-order chi connectivity index (χ0) is 6.97. The first kappa shape index (κ1) is 5.28. The summed E-state index contributed by atoms with van der Waals surface area (Å²) in [6.45, 7) is 0. The van der Waals surface area contributed by atoms with Crippen molar-refractivity contribution < 1.29 is 4.79 Å². The highest BCUT2D eigenvalue weighted by molar-refractivity contribution is 5.89. The van der Waals surface area contributed by atoms with E-state index in [9.17, 15) is 4.79 Å². The predicted molar refractivity (Wildman–Crippen MR) is 34.8 cm³/mol. The Morgan fingerprint density at radius 3 is 3.20 bits per heavy atom. The molecule has 5 heteroatoms. The Morgan fingerprint density at radius 2 is 2.40 bits per heavy atom. The zero-order valence-corrected chi connectivity index (χ0v) is 5.09. The van der Waals surface area contributed by atoms with E-state index in [0.717, 1.165) is 5.70 Å². The molecule has 1 saturated heterocycles. The smallest absolute Gasteiger partial charge is 0.269 e. The van der Waals surface area contributed by atoms with E-state index < -0.39 is 0 Å². The largest absolute Gasteiger partial charge is 0.351 e. The third-order valence-corrected chi connectivity index (χ3v) is 1.41. The van der Waals surface area contributed by atoms with Crippen molar-refractivity contribution in [3.63, 3.8) is 0 Å². The number of nitrogens with one attached hydrogen (secondary N) is 3. The van der Waals surface area contributed by atoms with Crippen LogP contribution in [0.15, 0.2) is 16.9 Å². The summed E-state index contributed by atoms with van der Waals surface area (Å²) >= 11 is 0. The topological polar surface area (TPSA) is 65.5 Å². The van der Waals surface area contributed by atoms with Gasteiger partial charge in [0.05, 0.1) is 12.0 Å². The Morgan fingerprint density at radius 1 is 1.50 bits per heavy atom. The van der Waals surface area contributed by atoms with Crippen LogP contribution in [0.1, 0.15) is 0 Å². The number of carbonyl (C=O) groups excluding carboxylic acids is 1. The maximum Gasteiger partial charge on any atom is 0.269 e. The van der Waals surface area contributed by atoms with Gasteiger partial charge in [0.15, 0.2) is 6.04 Å². The molecular formula is C5H6N4O. The number of hydrazine groups is 1. The van der Waals surface area contributed by atoms with Gasteiger partial charge in [-0.2, -0.15) is 0 Å². The standard InChI is InChI=1S/C5H6N4O/c10-5-4-3(8-9-5)1-6-2-7-4/h1-2,4,8H,(H,6,7)(H,9,10). The van der Waals surface area contributed by atoms with E-state index in [2.05, 4.69) is 21.2 Å². The summed E-state index contributed by atoms with van der Waals surface area (Å²) in [4.78, 5) is 14.7. The highest BCUT2D eigenvalue weighted by Crippen LogP contribution is 2.08. The Labute approximate surface area is 57.2 Å². The van der Waals surface area contributed by atoms with Crippen LogP contribution >= 0.6 is 0 Å². The van der Waals surface area contributed by atoms with E-state index in [1.54, 1.807) is 6.20 Å². The lowest BCUT2D eigenvalue weighted by molar-refractivity contribution is -0.120. The quantitative estimate of drug-likeness (QED) is 0.380. The molecule has 0 aliphatic carbocycles. The third-order valence-electron chi connectivity index (χ3n) is 1.41. The van der Waals surface area contributed by atoms with Gasteiger partial charge in [0.1, 0.15) is 0 Å². The summed E-state index contributed by atoms with van der Waals surface area (Å²) in [6, 6.07) is -0.360. The second-order valence-electron chi connectivity index (χ2n) is 2.06. The van der Waals surface area contributed by atoms with Crippen LogP contribution in [0.25, 0.3) is 0 Å². The summed E-state index contributed by atoms with van der Waals surface area (Å²) in [5.74, 6) is -0.107. The van der Waals surface area contributed by atoms with Crippen LogP contribution in [0.2, 0.25) is 0 Å². The van der Waals surface area contributed by atoms with Gasteiger partial charge in [-0.05, 0) is 0 Å². The maximum absolute atomic E-state index is 10.9. The van der Waals surface area contributed by atoms with Gasteiger partial charge in [0, 0.05) is 6.20 Å². The van der Waals surface area contributed by atoms with Gasteiger partial charge >= 0.3 is 0 Å². The van der Waals surface area contributed by atoms with Gasteiger partial charge < -0.3 is 5.32 Å². The number of aliphatic imine (C=N–C) groups is 1. The van der Waals surface area contributed by atoms with Gasteiger partial charge in [0.25, 0.3) is 5.91 Å². The summed E-state index contributed by atoms with van der Waals surface area (Å²) in [6.07, 6.45) is 3.20. The van der Waals surface area contributed by atoms with Crippen LogP contribution in [0.4, 0.5) is 0 Å². The number of amides is 1. The van der Waals surface area contributed by atoms with Crippen molar-refractivity contribution >= 4 is 12.2 Å². The van der Waals surface area contributed by atoms with Crippen molar-refractivity contribution in [3.05, 3.63) is 11.9 Å². The molecule has 0 bridgehead atoms. The number of hydrogen-bond acceptors (Lipinski definition) is 4. The van der Waals surface area contributed by atoms with Crippen molar-refractivity contribution in [1.82, 2.24) is 16.2 Å². The second kappa shape index (κ2) is 1.73. The predicted octanol–water partition coefficient (Wildman–Crippen LogP) is -1.54. The minimum Gasteiger partial charge on any atom is -0.351 e. The summed E-state index contributed by atoms with van der Waals surface area (Å²) < 4.78 is 0. The molecule has 2 aliphatic heterocycles. The Balaban J connectivity index is 2.32. The van der Waals surface area contributed by atoms with Gasteiger partial charge in [-0.25, -0.2) is 0 Å². The molecule has 0 spiro atoms.